The average Bonchev–Trinajstić information content (AvgIpc) is 2.56. The van der Waals surface area contributed by atoms with E-state index >= 15 is 0 Å². The predicted octanol–water partition coefficient (Wildman–Crippen LogP) is 4.81. The van der Waals surface area contributed by atoms with Crippen LogP contribution in [0.2, 0.25) is 0 Å². The molecule has 0 bridgehead atoms. The first kappa shape index (κ1) is 19.0. The molecule has 0 N–H and O–H groups in total. The molecule has 0 aromatic carbocycles. The quantitative estimate of drug-likeness (QED) is 0.381. The zero-order valence-corrected chi connectivity index (χ0v) is 15.9. The van der Waals surface area contributed by atoms with Crippen LogP contribution in [0.1, 0.15) is 71.6 Å². The van der Waals surface area contributed by atoms with Crippen molar-refractivity contribution in [2.75, 3.05) is 26.7 Å². The van der Waals surface area contributed by atoms with Crippen LogP contribution < -0.4 is 0 Å². The van der Waals surface area contributed by atoms with Gasteiger partial charge in [-0.15, -0.1) is 0 Å². The van der Waals surface area contributed by atoms with E-state index in [-0.39, 0.29) is 0 Å². The van der Waals surface area contributed by atoms with Gasteiger partial charge in [0.15, 0.2) is 0 Å². The topological polar surface area (TPSA) is 37.2 Å². The molecule has 0 atom stereocenters. The minimum atomic E-state index is 0.809. The Morgan fingerprint density at radius 1 is 1.25 bits per heavy atom. The van der Waals surface area contributed by atoms with Gasteiger partial charge in [0.25, 0.3) is 0 Å². The molecule has 4 nitrogen and oxygen atoms in total. The summed E-state index contributed by atoms with van der Waals surface area (Å²) in [5.41, 5.74) is 1.58. The van der Waals surface area contributed by atoms with Gasteiger partial charge in [-0.25, -0.2) is 4.99 Å². The maximum Gasteiger partial charge on any atom is 0.219 e. The monoisotopic (exact) mass is 333 g/mol. The highest BCUT2D eigenvalue weighted by atomic mass is 16.5. The Kier molecular flexibility index (Phi) is 8.34. The van der Waals surface area contributed by atoms with Crippen LogP contribution in [0.4, 0.5) is 0 Å². The van der Waals surface area contributed by atoms with E-state index in [0.29, 0.717) is 0 Å². The van der Waals surface area contributed by atoms with Crippen LogP contribution in [-0.4, -0.2) is 43.8 Å². The van der Waals surface area contributed by atoms with Gasteiger partial charge in [0.2, 0.25) is 5.96 Å². The molecule has 0 unspecified atom stereocenters. The van der Waals surface area contributed by atoms with E-state index in [0.717, 1.165) is 50.8 Å². The van der Waals surface area contributed by atoms with Crippen LogP contribution in [0, 0.1) is 5.92 Å². The lowest BCUT2D eigenvalue weighted by Crippen LogP contribution is -2.37. The third kappa shape index (κ3) is 5.64. The van der Waals surface area contributed by atoms with Crippen LogP contribution in [-0.2, 0) is 4.74 Å². The van der Waals surface area contributed by atoms with Crippen molar-refractivity contribution in [1.29, 1.82) is 0 Å². The molecule has 0 aromatic rings. The molecule has 1 heterocycles. The first-order chi connectivity index (χ1) is 11.8. The van der Waals surface area contributed by atoms with Crippen molar-refractivity contribution in [3.05, 3.63) is 11.3 Å². The first-order valence-electron chi connectivity index (χ1n) is 9.86. The number of guanidine groups is 1. The molecule has 1 saturated heterocycles. The van der Waals surface area contributed by atoms with E-state index in [2.05, 4.69) is 28.7 Å². The van der Waals surface area contributed by atoms with Crippen molar-refractivity contribution >= 4 is 12.2 Å². The fourth-order valence-electron chi connectivity index (χ4n) is 3.47. The van der Waals surface area contributed by atoms with Gasteiger partial charge in [-0.2, -0.15) is 0 Å². The Hall–Kier alpha value is -1.32. The van der Waals surface area contributed by atoms with E-state index in [1.165, 1.54) is 44.3 Å². The molecule has 0 radical (unpaired) electrons. The molecule has 0 aromatic heterocycles. The number of rotatable bonds is 7. The van der Waals surface area contributed by atoms with Crippen LogP contribution in [0.25, 0.3) is 0 Å². The minimum absolute atomic E-state index is 0.809. The summed E-state index contributed by atoms with van der Waals surface area (Å²) in [5.74, 6) is 3.04. The molecular weight excluding hydrogens is 298 g/mol. The summed E-state index contributed by atoms with van der Waals surface area (Å²) in [6.07, 6.45) is 13.0. The molecule has 1 saturated carbocycles. The Labute approximate surface area is 148 Å². The highest BCUT2D eigenvalue weighted by Crippen LogP contribution is 2.33. The number of unbranched alkanes of at least 4 members (excludes halogenated alkanes) is 1. The number of piperidine rings is 1. The van der Waals surface area contributed by atoms with Gasteiger partial charge in [0, 0.05) is 32.8 Å². The Balaban J connectivity index is 1.76. The van der Waals surface area contributed by atoms with Gasteiger partial charge in [0.05, 0.1) is 12.4 Å². The van der Waals surface area contributed by atoms with E-state index in [9.17, 15) is 0 Å². The largest absolute Gasteiger partial charge is 0.498 e. The summed E-state index contributed by atoms with van der Waals surface area (Å²) in [5, 5.41) is 0. The van der Waals surface area contributed by atoms with Crippen LogP contribution in [0.3, 0.4) is 0 Å². The van der Waals surface area contributed by atoms with Gasteiger partial charge in [-0.3, -0.25) is 4.99 Å². The third-order valence-electron chi connectivity index (χ3n) is 5.17. The van der Waals surface area contributed by atoms with Crippen molar-refractivity contribution in [3.8, 4) is 0 Å². The van der Waals surface area contributed by atoms with Gasteiger partial charge in [-0.1, -0.05) is 13.3 Å². The zero-order chi connectivity index (χ0) is 17.2. The summed E-state index contributed by atoms with van der Waals surface area (Å²) in [6.45, 7) is 7.25. The lowest BCUT2D eigenvalue weighted by Gasteiger charge is -2.33. The maximum atomic E-state index is 5.90. The van der Waals surface area contributed by atoms with E-state index in [1.54, 1.807) is 5.57 Å². The molecule has 1 aliphatic carbocycles. The summed E-state index contributed by atoms with van der Waals surface area (Å²) < 4.78 is 5.90. The molecule has 24 heavy (non-hydrogen) atoms. The first-order valence-corrected chi connectivity index (χ1v) is 9.86. The second-order valence-corrected chi connectivity index (χ2v) is 6.91. The number of nitrogens with zero attached hydrogens (tertiary/aromatic N) is 3. The van der Waals surface area contributed by atoms with Gasteiger partial charge in [0.1, 0.15) is 0 Å². The number of hydrogen-bond acceptors (Lipinski definition) is 2. The molecular formula is C20H35N3O. The molecule has 0 amide bonds. The summed E-state index contributed by atoms with van der Waals surface area (Å²) in [6, 6.07) is 0. The fraction of sp³-hybridized carbons (Fsp3) is 0.800. The standard InChI is InChI=1S/C20H35N3O/c1-4-6-14-22-20(21-3)23-15-12-17(13-16-23)10-11-19(24-5-2)18-8-7-9-18/h14,17H,4-13,15-16H2,1-3H3/b21-20+,22-14-. The second-order valence-electron chi connectivity index (χ2n) is 6.91. The zero-order valence-electron chi connectivity index (χ0n) is 15.9. The number of hydrogen-bond donors (Lipinski definition) is 0. The smallest absolute Gasteiger partial charge is 0.219 e. The Morgan fingerprint density at radius 3 is 2.54 bits per heavy atom. The molecule has 136 valence electrons. The molecule has 1 aliphatic heterocycles. The van der Waals surface area contributed by atoms with E-state index in [4.69, 9.17) is 4.74 Å². The molecule has 4 heteroatoms. The van der Waals surface area contributed by atoms with Crippen molar-refractivity contribution in [2.24, 2.45) is 15.9 Å². The minimum Gasteiger partial charge on any atom is -0.498 e. The van der Waals surface area contributed by atoms with Gasteiger partial charge >= 0.3 is 0 Å². The van der Waals surface area contributed by atoms with Crippen molar-refractivity contribution in [3.63, 3.8) is 0 Å². The Morgan fingerprint density at radius 2 is 2.00 bits per heavy atom. The van der Waals surface area contributed by atoms with Gasteiger partial charge < -0.3 is 9.64 Å². The average molecular weight is 334 g/mol. The van der Waals surface area contributed by atoms with Crippen molar-refractivity contribution in [1.82, 2.24) is 4.90 Å². The van der Waals surface area contributed by atoms with Crippen LogP contribution >= 0.6 is 0 Å². The second kappa shape index (κ2) is 10.5. The normalized spacial score (nSPS) is 19.7. The molecule has 0 spiro atoms. The fourth-order valence-corrected chi connectivity index (χ4v) is 3.47. The number of allylic oxidation sites excluding steroid dienone is 2. The van der Waals surface area contributed by atoms with Crippen molar-refractivity contribution < 1.29 is 4.74 Å². The highest BCUT2D eigenvalue weighted by Gasteiger charge is 2.22. The van der Waals surface area contributed by atoms with E-state index in [1.807, 2.05) is 13.3 Å². The lowest BCUT2D eigenvalue weighted by molar-refractivity contribution is 0.192. The van der Waals surface area contributed by atoms with Gasteiger partial charge in [-0.05, 0) is 63.4 Å². The van der Waals surface area contributed by atoms with Crippen molar-refractivity contribution in [2.45, 2.75) is 71.6 Å². The highest BCUT2D eigenvalue weighted by molar-refractivity contribution is 5.87. The van der Waals surface area contributed by atoms with Crippen LogP contribution in [0.15, 0.2) is 21.3 Å². The summed E-state index contributed by atoms with van der Waals surface area (Å²) in [7, 11) is 1.85. The van der Waals surface area contributed by atoms with E-state index < -0.39 is 0 Å². The lowest BCUT2D eigenvalue weighted by atomic mass is 9.87. The Bertz CT molecular complexity index is 454. The van der Waals surface area contributed by atoms with Crippen LogP contribution in [0.5, 0.6) is 0 Å². The number of aliphatic imine (C=N–C) groups is 2. The number of ether oxygens (including phenoxy) is 1. The molecule has 2 fully saturated rings. The summed E-state index contributed by atoms with van der Waals surface area (Å²) in [4.78, 5) is 11.3. The predicted molar refractivity (Wildman–Crippen MR) is 103 cm³/mol. The molecule has 2 aliphatic rings. The molecule has 2 rings (SSSR count). The number of likely N-dealkylation sites (tertiary alicyclic amines) is 1. The third-order valence-corrected chi connectivity index (χ3v) is 5.17. The summed E-state index contributed by atoms with van der Waals surface area (Å²) >= 11 is 0. The SMILES string of the molecule is CCC/C=N\C(=N/C)N1CCC(CCC(OCC)=C2CCC2)CC1. The maximum absolute atomic E-state index is 5.90.